The van der Waals surface area contributed by atoms with Gasteiger partial charge in [-0.05, 0) is 12.3 Å². The van der Waals surface area contributed by atoms with E-state index in [0.29, 0.717) is 13.0 Å². The number of aromatic nitrogens is 2. The van der Waals surface area contributed by atoms with E-state index in [1.54, 1.807) is 13.3 Å². The average molecular weight is 240 g/mol. The fourth-order valence-corrected chi connectivity index (χ4v) is 1.90. The van der Waals surface area contributed by atoms with Crippen molar-refractivity contribution in [1.82, 2.24) is 9.55 Å². The molecule has 98 valence electrons. The minimum atomic E-state index is -0.842. The topological polar surface area (TPSA) is 47.3 Å². The zero-order chi connectivity index (χ0) is 12.9. The molecule has 0 fully saturated rings. The van der Waals surface area contributed by atoms with E-state index in [1.807, 2.05) is 20.0 Å². The van der Waals surface area contributed by atoms with E-state index in [1.165, 1.54) is 0 Å². The lowest BCUT2D eigenvalue weighted by Crippen LogP contribution is -2.42. The standard InChI is InChI=1S/C13H24N2O2/c1-5-7-15-8-6-14-12(15)9-13(16,10-17-4)11(2)3/h6,8,11,16H,5,7,9-10H2,1-4H3. The molecular weight excluding hydrogens is 216 g/mol. The van der Waals surface area contributed by atoms with Gasteiger partial charge in [-0.3, -0.25) is 0 Å². The number of hydrogen-bond acceptors (Lipinski definition) is 3. The molecule has 0 aromatic carbocycles. The van der Waals surface area contributed by atoms with Gasteiger partial charge in [-0.2, -0.15) is 0 Å². The molecule has 1 aromatic heterocycles. The predicted molar refractivity (Wildman–Crippen MR) is 67.9 cm³/mol. The minimum Gasteiger partial charge on any atom is -0.387 e. The predicted octanol–water partition coefficient (Wildman–Crippen LogP) is 1.87. The van der Waals surface area contributed by atoms with Crippen LogP contribution in [0.3, 0.4) is 0 Å². The summed E-state index contributed by atoms with van der Waals surface area (Å²) >= 11 is 0. The molecule has 0 aliphatic carbocycles. The van der Waals surface area contributed by atoms with Gasteiger partial charge in [0.05, 0.1) is 12.2 Å². The molecule has 1 unspecified atom stereocenters. The van der Waals surface area contributed by atoms with Crippen molar-refractivity contribution in [3.05, 3.63) is 18.2 Å². The highest BCUT2D eigenvalue weighted by Gasteiger charge is 2.32. The van der Waals surface area contributed by atoms with Crippen molar-refractivity contribution >= 4 is 0 Å². The van der Waals surface area contributed by atoms with Crippen LogP contribution in [0.2, 0.25) is 0 Å². The van der Waals surface area contributed by atoms with Gasteiger partial charge in [0, 0.05) is 32.5 Å². The maximum absolute atomic E-state index is 10.6. The van der Waals surface area contributed by atoms with Gasteiger partial charge >= 0.3 is 0 Å². The lowest BCUT2D eigenvalue weighted by atomic mass is 9.87. The van der Waals surface area contributed by atoms with Crippen molar-refractivity contribution in [2.75, 3.05) is 13.7 Å². The van der Waals surface area contributed by atoms with Gasteiger partial charge in [0.15, 0.2) is 0 Å². The van der Waals surface area contributed by atoms with E-state index in [-0.39, 0.29) is 5.92 Å². The molecule has 0 saturated carbocycles. The van der Waals surface area contributed by atoms with Gasteiger partial charge in [-0.25, -0.2) is 4.98 Å². The molecule has 1 heterocycles. The van der Waals surface area contributed by atoms with Crippen molar-refractivity contribution in [2.45, 2.75) is 45.8 Å². The first kappa shape index (κ1) is 14.2. The molecule has 1 aromatic rings. The lowest BCUT2D eigenvalue weighted by Gasteiger charge is -2.31. The summed E-state index contributed by atoms with van der Waals surface area (Å²) in [5.74, 6) is 1.06. The molecule has 4 nitrogen and oxygen atoms in total. The largest absolute Gasteiger partial charge is 0.387 e. The number of hydrogen-bond donors (Lipinski definition) is 1. The maximum atomic E-state index is 10.6. The Hall–Kier alpha value is -0.870. The van der Waals surface area contributed by atoms with Crippen LogP contribution in [-0.2, 0) is 17.7 Å². The summed E-state index contributed by atoms with van der Waals surface area (Å²) in [7, 11) is 1.62. The second-order valence-corrected chi connectivity index (χ2v) is 4.90. The van der Waals surface area contributed by atoms with Gasteiger partial charge in [-0.1, -0.05) is 20.8 Å². The van der Waals surface area contributed by atoms with Crippen LogP contribution in [-0.4, -0.2) is 34.0 Å². The molecule has 1 rings (SSSR count). The van der Waals surface area contributed by atoms with Crippen molar-refractivity contribution in [1.29, 1.82) is 0 Å². The van der Waals surface area contributed by atoms with E-state index < -0.39 is 5.60 Å². The quantitative estimate of drug-likeness (QED) is 0.791. The molecule has 0 radical (unpaired) electrons. The minimum absolute atomic E-state index is 0.134. The summed E-state index contributed by atoms with van der Waals surface area (Å²) in [5, 5.41) is 10.6. The molecule has 1 N–H and O–H groups in total. The number of ether oxygens (including phenoxy) is 1. The fraction of sp³-hybridized carbons (Fsp3) is 0.769. The molecule has 1 atom stereocenters. The molecule has 0 aliphatic heterocycles. The number of rotatable bonds is 7. The number of nitrogens with zero attached hydrogens (tertiary/aromatic N) is 2. The van der Waals surface area contributed by atoms with Crippen LogP contribution < -0.4 is 0 Å². The first-order chi connectivity index (χ1) is 8.03. The summed E-state index contributed by atoms with van der Waals surface area (Å²) in [4.78, 5) is 4.33. The molecule has 0 amide bonds. The van der Waals surface area contributed by atoms with Crippen molar-refractivity contribution in [3.8, 4) is 0 Å². The monoisotopic (exact) mass is 240 g/mol. The highest BCUT2D eigenvalue weighted by molar-refractivity contribution is 5.00. The van der Waals surface area contributed by atoms with Crippen LogP contribution in [0.1, 0.15) is 33.0 Å². The number of methoxy groups -OCH3 is 1. The molecule has 0 spiro atoms. The third kappa shape index (κ3) is 3.54. The van der Waals surface area contributed by atoms with Crippen LogP contribution >= 0.6 is 0 Å². The number of aryl methyl sites for hydroxylation is 1. The zero-order valence-corrected chi connectivity index (χ0v) is 11.3. The Morgan fingerprint density at radius 2 is 2.24 bits per heavy atom. The van der Waals surface area contributed by atoms with E-state index in [2.05, 4.69) is 16.5 Å². The third-order valence-corrected chi connectivity index (χ3v) is 3.20. The molecule has 17 heavy (non-hydrogen) atoms. The average Bonchev–Trinajstić information content (AvgIpc) is 2.66. The van der Waals surface area contributed by atoms with Crippen molar-refractivity contribution in [2.24, 2.45) is 5.92 Å². The summed E-state index contributed by atoms with van der Waals surface area (Å²) in [6.45, 7) is 7.42. The van der Waals surface area contributed by atoms with Gasteiger partial charge in [0.25, 0.3) is 0 Å². The van der Waals surface area contributed by atoms with Crippen LogP contribution in [0.4, 0.5) is 0 Å². The Bertz CT molecular complexity index is 336. The Morgan fingerprint density at radius 3 is 2.76 bits per heavy atom. The highest BCUT2D eigenvalue weighted by atomic mass is 16.5. The zero-order valence-electron chi connectivity index (χ0n) is 11.3. The van der Waals surface area contributed by atoms with Crippen molar-refractivity contribution in [3.63, 3.8) is 0 Å². The lowest BCUT2D eigenvalue weighted by molar-refractivity contribution is -0.0654. The Kier molecular flexibility index (Phi) is 5.15. The summed E-state index contributed by atoms with van der Waals surface area (Å²) in [6, 6.07) is 0. The molecule has 0 bridgehead atoms. The fourth-order valence-electron chi connectivity index (χ4n) is 1.90. The summed E-state index contributed by atoms with van der Waals surface area (Å²) in [6.07, 6.45) is 5.35. The molecule has 0 saturated heterocycles. The van der Waals surface area contributed by atoms with E-state index in [0.717, 1.165) is 18.8 Å². The SMILES string of the molecule is CCCn1ccnc1CC(O)(COC)C(C)C. The van der Waals surface area contributed by atoms with Gasteiger partial charge in [0.2, 0.25) is 0 Å². The molecule has 4 heteroatoms. The Labute approximate surface area is 104 Å². The molecule has 0 aliphatic rings. The number of aliphatic hydroxyl groups is 1. The van der Waals surface area contributed by atoms with Crippen molar-refractivity contribution < 1.29 is 9.84 Å². The summed E-state index contributed by atoms with van der Waals surface area (Å²) in [5.41, 5.74) is -0.842. The maximum Gasteiger partial charge on any atom is 0.111 e. The Balaban J connectivity index is 2.82. The van der Waals surface area contributed by atoms with Gasteiger partial charge < -0.3 is 14.4 Å². The molecular formula is C13H24N2O2. The van der Waals surface area contributed by atoms with Crippen LogP contribution in [0.5, 0.6) is 0 Å². The van der Waals surface area contributed by atoms with Crippen LogP contribution in [0, 0.1) is 5.92 Å². The second kappa shape index (κ2) is 6.17. The highest BCUT2D eigenvalue weighted by Crippen LogP contribution is 2.22. The normalized spacial score (nSPS) is 15.2. The smallest absolute Gasteiger partial charge is 0.111 e. The second-order valence-electron chi connectivity index (χ2n) is 4.90. The van der Waals surface area contributed by atoms with Gasteiger partial charge in [0.1, 0.15) is 5.82 Å². The van der Waals surface area contributed by atoms with Crippen LogP contribution in [0.25, 0.3) is 0 Å². The Morgan fingerprint density at radius 1 is 1.53 bits per heavy atom. The summed E-state index contributed by atoms with van der Waals surface area (Å²) < 4.78 is 7.23. The van der Waals surface area contributed by atoms with Crippen LogP contribution in [0.15, 0.2) is 12.4 Å². The van der Waals surface area contributed by atoms with E-state index >= 15 is 0 Å². The van der Waals surface area contributed by atoms with E-state index in [4.69, 9.17) is 4.74 Å². The third-order valence-electron chi connectivity index (χ3n) is 3.20. The van der Waals surface area contributed by atoms with Gasteiger partial charge in [-0.15, -0.1) is 0 Å². The first-order valence-corrected chi connectivity index (χ1v) is 6.24. The number of imidazole rings is 1. The first-order valence-electron chi connectivity index (χ1n) is 6.24. The van der Waals surface area contributed by atoms with E-state index in [9.17, 15) is 5.11 Å².